The van der Waals surface area contributed by atoms with Gasteiger partial charge in [-0.05, 0) is 25.0 Å². The van der Waals surface area contributed by atoms with E-state index in [1.54, 1.807) is 6.07 Å². The van der Waals surface area contributed by atoms with Gasteiger partial charge in [0.1, 0.15) is 11.5 Å². The molecule has 2 rings (SSSR count). The molecule has 0 spiro atoms. The van der Waals surface area contributed by atoms with E-state index >= 15 is 0 Å². The maximum Gasteiger partial charge on any atom is 0.188 e. The molecule has 1 aromatic heterocycles. The standard InChI is InChI=1S/C12H18N4O2/c1-16(8-9-4-3-7-18-9)11-6-2-5-10(14-11)12(13)15-17/h2,5-6,9,17H,3-4,7-8H2,1H3,(H2,13,15). The van der Waals surface area contributed by atoms with E-state index in [1.165, 1.54) is 0 Å². The second-order valence-corrected chi connectivity index (χ2v) is 4.38. The van der Waals surface area contributed by atoms with Gasteiger partial charge in [-0.3, -0.25) is 0 Å². The third-order valence-electron chi connectivity index (χ3n) is 3.00. The number of aromatic nitrogens is 1. The smallest absolute Gasteiger partial charge is 0.188 e. The van der Waals surface area contributed by atoms with Crippen molar-refractivity contribution in [3.63, 3.8) is 0 Å². The lowest BCUT2D eigenvalue weighted by molar-refractivity contribution is 0.116. The molecule has 0 saturated carbocycles. The highest BCUT2D eigenvalue weighted by molar-refractivity contribution is 5.95. The molecule has 0 amide bonds. The SMILES string of the molecule is CN(CC1CCCO1)c1cccc(C(N)=NO)n1. The minimum Gasteiger partial charge on any atom is -0.409 e. The maximum atomic E-state index is 8.64. The van der Waals surface area contributed by atoms with Gasteiger partial charge in [-0.1, -0.05) is 11.2 Å². The number of nitrogens with two attached hydrogens (primary N) is 1. The molecule has 1 unspecified atom stereocenters. The number of pyridine rings is 1. The van der Waals surface area contributed by atoms with Gasteiger partial charge >= 0.3 is 0 Å². The molecule has 6 nitrogen and oxygen atoms in total. The molecule has 98 valence electrons. The third kappa shape index (κ3) is 2.89. The van der Waals surface area contributed by atoms with Crippen LogP contribution in [0.1, 0.15) is 18.5 Å². The second-order valence-electron chi connectivity index (χ2n) is 4.38. The summed E-state index contributed by atoms with van der Waals surface area (Å²) in [7, 11) is 1.96. The maximum absolute atomic E-state index is 8.64. The van der Waals surface area contributed by atoms with Gasteiger partial charge in [-0.25, -0.2) is 4.98 Å². The first-order chi connectivity index (χ1) is 8.70. The van der Waals surface area contributed by atoms with Crippen LogP contribution in [0.25, 0.3) is 0 Å². The van der Waals surface area contributed by atoms with E-state index in [2.05, 4.69) is 10.1 Å². The molecule has 3 N–H and O–H groups in total. The molecule has 0 bridgehead atoms. The molecule has 1 fully saturated rings. The van der Waals surface area contributed by atoms with Gasteiger partial charge in [0.15, 0.2) is 5.84 Å². The van der Waals surface area contributed by atoms with Gasteiger partial charge in [-0.2, -0.15) is 0 Å². The number of anilines is 1. The summed E-state index contributed by atoms with van der Waals surface area (Å²) in [4.78, 5) is 6.36. The molecule has 1 aliphatic rings. The van der Waals surface area contributed by atoms with Gasteiger partial charge in [0, 0.05) is 20.2 Å². The molecule has 0 radical (unpaired) electrons. The van der Waals surface area contributed by atoms with Crippen LogP contribution in [0.15, 0.2) is 23.4 Å². The first-order valence-electron chi connectivity index (χ1n) is 5.98. The lowest BCUT2D eigenvalue weighted by atomic mass is 10.2. The van der Waals surface area contributed by atoms with E-state index in [-0.39, 0.29) is 11.9 Å². The second kappa shape index (κ2) is 5.68. The van der Waals surface area contributed by atoms with Crippen molar-refractivity contribution >= 4 is 11.7 Å². The van der Waals surface area contributed by atoms with Crippen molar-refractivity contribution in [2.45, 2.75) is 18.9 Å². The minimum absolute atomic E-state index is 0.0161. The fourth-order valence-electron chi connectivity index (χ4n) is 2.02. The fraction of sp³-hybridized carbons (Fsp3) is 0.500. The summed E-state index contributed by atoms with van der Waals surface area (Å²) in [5.41, 5.74) is 5.99. The van der Waals surface area contributed by atoms with Crippen LogP contribution in [0.2, 0.25) is 0 Å². The summed E-state index contributed by atoms with van der Waals surface area (Å²) in [6, 6.07) is 5.43. The lowest BCUT2D eigenvalue weighted by Crippen LogP contribution is -2.29. The molecular weight excluding hydrogens is 232 g/mol. The van der Waals surface area contributed by atoms with Crippen LogP contribution >= 0.6 is 0 Å². The zero-order chi connectivity index (χ0) is 13.0. The van der Waals surface area contributed by atoms with E-state index in [9.17, 15) is 0 Å². The van der Waals surface area contributed by atoms with E-state index in [0.717, 1.165) is 31.8 Å². The van der Waals surface area contributed by atoms with Gasteiger partial charge in [0.25, 0.3) is 0 Å². The normalized spacial score (nSPS) is 20.1. The Labute approximate surface area is 106 Å². The average molecular weight is 250 g/mol. The molecule has 1 saturated heterocycles. The summed E-state index contributed by atoms with van der Waals surface area (Å²) in [5, 5.41) is 11.6. The molecule has 6 heteroatoms. The van der Waals surface area contributed by atoms with Crippen LogP contribution in [0.4, 0.5) is 5.82 Å². The Morgan fingerprint density at radius 2 is 2.50 bits per heavy atom. The van der Waals surface area contributed by atoms with Crippen molar-refractivity contribution in [1.29, 1.82) is 0 Å². The Bertz CT molecular complexity index is 430. The van der Waals surface area contributed by atoms with Crippen LogP contribution in [0.3, 0.4) is 0 Å². The summed E-state index contributed by atoms with van der Waals surface area (Å²) < 4.78 is 5.59. The van der Waals surface area contributed by atoms with Crippen LogP contribution in [-0.2, 0) is 4.74 Å². The number of ether oxygens (including phenoxy) is 1. The Balaban J connectivity index is 2.07. The molecule has 2 heterocycles. The van der Waals surface area contributed by atoms with Gasteiger partial charge < -0.3 is 20.6 Å². The van der Waals surface area contributed by atoms with E-state index in [0.29, 0.717) is 5.69 Å². The number of hydrogen-bond acceptors (Lipinski definition) is 5. The number of oxime groups is 1. The Hall–Kier alpha value is -1.82. The quantitative estimate of drug-likeness (QED) is 0.357. The van der Waals surface area contributed by atoms with Crippen LogP contribution in [0, 0.1) is 0 Å². The van der Waals surface area contributed by atoms with Gasteiger partial charge in [0.2, 0.25) is 0 Å². The Kier molecular flexibility index (Phi) is 3.99. The zero-order valence-corrected chi connectivity index (χ0v) is 10.4. The molecular formula is C12H18N4O2. The third-order valence-corrected chi connectivity index (χ3v) is 3.00. The molecule has 1 aromatic rings. The Morgan fingerprint density at radius 3 is 3.17 bits per heavy atom. The summed E-state index contributed by atoms with van der Waals surface area (Å²) in [5.74, 6) is 0.803. The number of likely N-dealkylation sites (N-methyl/N-ethyl adjacent to an activating group) is 1. The van der Waals surface area contributed by atoms with Crippen molar-refractivity contribution < 1.29 is 9.94 Å². The predicted octanol–water partition coefficient (Wildman–Crippen LogP) is 0.791. The first-order valence-corrected chi connectivity index (χ1v) is 5.98. The lowest BCUT2D eigenvalue weighted by Gasteiger charge is -2.22. The molecule has 1 aliphatic heterocycles. The van der Waals surface area contributed by atoms with Gasteiger partial charge in [-0.15, -0.1) is 0 Å². The van der Waals surface area contributed by atoms with Crippen LogP contribution in [0.5, 0.6) is 0 Å². The van der Waals surface area contributed by atoms with Crippen molar-refractivity contribution in [2.24, 2.45) is 10.9 Å². The van der Waals surface area contributed by atoms with Crippen molar-refractivity contribution in [3.05, 3.63) is 23.9 Å². The number of rotatable bonds is 4. The van der Waals surface area contributed by atoms with Gasteiger partial charge in [0.05, 0.1) is 6.10 Å². The fourth-order valence-corrected chi connectivity index (χ4v) is 2.02. The molecule has 0 aliphatic carbocycles. The number of nitrogens with zero attached hydrogens (tertiary/aromatic N) is 3. The monoisotopic (exact) mass is 250 g/mol. The highest BCUT2D eigenvalue weighted by atomic mass is 16.5. The molecule has 1 atom stereocenters. The van der Waals surface area contributed by atoms with Crippen molar-refractivity contribution in [3.8, 4) is 0 Å². The van der Waals surface area contributed by atoms with Crippen molar-refractivity contribution in [2.75, 3.05) is 25.1 Å². The molecule has 18 heavy (non-hydrogen) atoms. The number of amidine groups is 1. The molecule has 0 aromatic carbocycles. The summed E-state index contributed by atoms with van der Waals surface area (Å²) in [6.45, 7) is 1.64. The van der Waals surface area contributed by atoms with E-state index in [1.807, 2.05) is 24.1 Å². The number of hydrogen-bond donors (Lipinski definition) is 2. The topological polar surface area (TPSA) is 84.0 Å². The average Bonchev–Trinajstić information content (AvgIpc) is 2.90. The Morgan fingerprint density at radius 1 is 1.67 bits per heavy atom. The minimum atomic E-state index is 0.0161. The zero-order valence-electron chi connectivity index (χ0n) is 10.4. The first kappa shape index (κ1) is 12.6. The summed E-state index contributed by atoms with van der Waals surface area (Å²) in [6.07, 6.45) is 2.48. The van der Waals surface area contributed by atoms with E-state index < -0.39 is 0 Å². The summed E-state index contributed by atoms with van der Waals surface area (Å²) >= 11 is 0. The van der Waals surface area contributed by atoms with Crippen molar-refractivity contribution in [1.82, 2.24) is 4.98 Å². The predicted molar refractivity (Wildman–Crippen MR) is 69.0 cm³/mol. The van der Waals surface area contributed by atoms with E-state index in [4.69, 9.17) is 15.7 Å². The van der Waals surface area contributed by atoms with Crippen LogP contribution < -0.4 is 10.6 Å². The highest BCUT2D eigenvalue weighted by Crippen LogP contribution is 2.16. The van der Waals surface area contributed by atoms with Crippen LogP contribution in [-0.4, -0.2) is 42.3 Å². The highest BCUT2D eigenvalue weighted by Gasteiger charge is 2.18. The largest absolute Gasteiger partial charge is 0.409 e.